The van der Waals surface area contributed by atoms with Crippen molar-refractivity contribution >= 4 is 5.69 Å². The minimum Gasteiger partial charge on any atom is -0.376 e. The molecule has 0 spiro atoms. The zero-order chi connectivity index (χ0) is 12.8. The Bertz CT molecular complexity index is 633. The molecule has 0 aromatic heterocycles. The van der Waals surface area contributed by atoms with Crippen molar-refractivity contribution in [2.75, 3.05) is 12.4 Å². The average molecular weight is 250 g/mol. The van der Waals surface area contributed by atoms with Crippen molar-refractivity contribution in [3.63, 3.8) is 0 Å². The lowest BCUT2D eigenvalue weighted by molar-refractivity contribution is 0.529. The minimum absolute atomic E-state index is 0.403. The Kier molecular flexibility index (Phi) is 2.39. The normalized spacial score (nSPS) is 23.2. The van der Waals surface area contributed by atoms with Crippen molar-refractivity contribution in [3.05, 3.63) is 64.7 Å². The zero-order valence-electron chi connectivity index (χ0n) is 11.1. The summed E-state index contributed by atoms with van der Waals surface area (Å²) in [6, 6.07) is 16.3. The molecule has 0 unspecified atom stereocenters. The Labute approximate surface area is 113 Å². The van der Waals surface area contributed by atoms with Crippen LogP contribution < -0.4 is 10.6 Å². The molecule has 19 heavy (non-hydrogen) atoms. The van der Waals surface area contributed by atoms with Crippen molar-refractivity contribution in [3.8, 4) is 0 Å². The number of benzene rings is 2. The second-order valence-electron chi connectivity index (χ2n) is 5.55. The largest absolute Gasteiger partial charge is 0.376 e. The molecule has 2 aromatic rings. The molecule has 1 aliphatic heterocycles. The molecule has 1 heterocycles. The van der Waals surface area contributed by atoms with Gasteiger partial charge in [-0.3, -0.25) is 0 Å². The van der Waals surface area contributed by atoms with Crippen LogP contribution in [0, 0.1) is 0 Å². The van der Waals surface area contributed by atoms with Gasteiger partial charge in [-0.05, 0) is 48.2 Å². The standard InChI is InChI=1S/C17H18N2/c1-18-15-10-13-7-4-6-12-9-11-5-2-3-8-14(11)19-17(15)16(12)13/h2-8,15,17-19H,9-10H2,1H3/t15-,17+/m0/s1. The van der Waals surface area contributed by atoms with Crippen LogP contribution in [0.15, 0.2) is 42.5 Å². The summed E-state index contributed by atoms with van der Waals surface area (Å²) in [7, 11) is 2.06. The minimum atomic E-state index is 0.403. The van der Waals surface area contributed by atoms with E-state index >= 15 is 0 Å². The summed E-state index contributed by atoms with van der Waals surface area (Å²) in [5, 5.41) is 7.22. The molecule has 2 nitrogen and oxygen atoms in total. The third-order valence-electron chi connectivity index (χ3n) is 4.52. The Morgan fingerprint density at radius 1 is 1.00 bits per heavy atom. The van der Waals surface area contributed by atoms with Gasteiger partial charge in [-0.15, -0.1) is 0 Å². The van der Waals surface area contributed by atoms with Gasteiger partial charge in [0.1, 0.15) is 0 Å². The molecule has 1 aliphatic carbocycles. The summed E-state index contributed by atoms with van der Waals surface area (Å²) in [4.78, 5) is 0. The third-order valence-corrected chi connectivity index (χ3v) is 4.52. The van der Waals surface area contributed by atoms with Crippen LogP contribution in [-0.4, -0.2) is 13.1 Å². The smallest absolute Gasteiger partial charge is 0.0675 e. The fourth-order valence-corrected chi connectivity index (χ4v) is 3.58. The zero-order valence-corrected chi connectivity index (χ0v) is 11.1. The molecular formula is C17H18N2. The Balaban J connectivity index is 1.91. The molecule has 2 N–H and O–H groups in total. The molecule has 2 atom stereocenters. The predicted molar refractivity (Wildman–Crippen MR) is 78.6 cm³/mol. The van der Waals surface area contributed by atoms with Crippen LogP contribution in [0.1, 0.15) is 28.3 Å². The molecule has 4 rings (SSSR count). The summed E-state index contributed by atoms with van der Waals surface area (Å²) in [5.41, 5.74) is 7.20. The first-order valence-corrected chi connectivity index (χ1v) is 6.99. The highest BCUT2D eigenvalue weighted by atomic mass is 15.0. The highest BCUT2D eigenvalue weighted by Gasteiger charge is 2.35. The van der Waals surface area contributed by atoms with Crippen LogP contribution >= 0.6 is 0 Å². The van der Waals surface area contributed by atoms with Crippen molar-refractivity contribution < 1.29 is 0 Å². The van der Waals surface area contributed by atoms with Gasteiger partial charge in [0.05, 0.1) is 6.04 Å². The molecule has 0 amide bonds. The Morgan fingerprint density at radius 3 is 2.68 bits per heavy atom. The van der Waals surface area contributed by atoms with E-state index in [1.807, 2.05) is 0 Å². The van der Waals surface area contributed by atoms with Gasteiger partial charge in [0.25, 0.3) is 0 Å². The molecule has 0 radical (unpaired) electrons. The van der Waals surface area contributed by atoms with Gasteiger partial charge in [0.15, 0.2) is 0 Å². The van der Waals surface area contributed by atoms with Crippen LogP contribution in [0.5, 0.6) is 0 Å². The highest BCUT2D eigenvalue weighted by Crippen LogP contribution is 2.40. The van der Waals surface area contributed by atoms with E-state index in [1.54, 1.807) is 0 Å². The van der Waals surface area contributed by atoms with Crippen molar-refractivity contribution in [1.82, 2.24) is 5.32 Å². The van der Waals surface area contributed by atoms with Gasteiger partial charge >= 0.3 is 0 Å². The number of rotatable bonds is 1. The lowest BCUT2D eigenvalue weighted by atomic mass is 9.97. The van der Waals surface area contributed by atoms with E-state index in [4.69, 9.17) is 0 Å². The average Bonchev–Trinajstić information content (AvgIpc) is 2.70. The number of anilines is 1. The van der Waals surface area contributed by atoms with E-state index in [-0.39, 0.29) is 0 Å². The van der Waals surface area contributed by atoms with E-state index < -0.39 is 0 Å². The van der Waals surface area contributed by atoms with Crippen LogP contribution in [0.2, 0.25) is 0 Å². The lowest BCUT2D eigenvalue weighted by Gasteiger charge is -2.22. The molecule has 0 saturated carbocycles. The van der Waals surface area contributed by atoms with E-state index in [2.05, 4.69) is 60.1 Å². The molecule has 96 valence electrons. The first kappa shape index (κ1) is 11.1. The number of para-hydroxylation sites is 1. The number of likely N-dealkylation sites (N-methyl/N-ethyl adjacent to an activating group) is 1. The SMILES string of the molecule is CN[C@H]1Cc2cccc3c2[C@@H]1Nc1ccccc1C3. The number of nitrogens with one attached hydrogen (secondary N) is 2. The maximum Gasteiger partial charge on any atom is 0.0675 e. The van der Waals surface area contributed by atoms with Crippen LogP contribution in [0.4, 0.5) is 5.69 Å². The summed E-state index contributed by atoms with van der Waals surface area (Å²) in [5.74, 6) is 0. The molecule has 0 fully saturated rings. The first-order chi connectivity index (χ1) is 9.36. The molecular weight excluding hydrogens is 232 g/mol. The predicted octanol–water partition coefficient (Wildman–Crippen LogP) is 2.89. The first-order valence-electron chi connectivity index (χ1n) is 6.99. The molecule has 0 saturated heterocycles. The second-order valence-corrected chi connectivity index (χ2v) is 5.55. The second kappa shape index (κ2) is 4.10. The van der Waals surface area contributed by atoms with Gasteiger partial charge in [-0.1, -0.05) is 36.4 Å². The van der Waals surface area contributed by atoms with Gasteiger partial charge in [-0.25, -0.2) is 0 Å². The van der Waals surface area contributed by atoms with E-state index in [1.165, 1.54) is 27.9 Å². The number of fused-ring (bicyclic) bond motifs is 1. The topological polar surface area (TPSA) is 24.1 Å². The van der Waals surface area contributed by atoms with Crippen LogP contribution in [0.25, 0.3) is 0 Å². The van der Waals surface area contributed by atoms with E-state index in [0.29, 0.717) is 12.1 Å². The lowest BCUT2D eigenvalue weighted by Crippen LogP contribution is -2.33. The molecule has 2 aliphatic rings. The van der Waals surface area contributed by atoms with E-state index in [9.17, 15) is 0 Å². The summed E-state index contributed by atoms with van der Waals surface area (Å²) >= 11 is 0. The summed E-state index contributed by atoms with van der Waals surface area (Å²) in [6.07, 6.45) is 2.17. The van der Waals surface area contributed by atoms with Gasteiger partial charge < -0.3 is 10.6 Å². The number of hydrogen-bond donors (Lipinski definition) is 2. The summed E-state index contributed by atoms with van der Waals surface area (Å²) in [6.45, 7) is 0. The maximum absolute atomic E-state index is 3.76. The van der Waals surface area contributed by atoms with Gasteiger partial charge in [-0.2, -0.15) is 0 Å². The molecule has 0 bridgehead atoms. The van der Waals surface area contributed by atoms with Gasteiger partial charge in [0.2, 0.25) is 0 Å². The van der Waals surface area contributed by atoms with E-state index in [0.717, 1.165) is 12.8 Å². The quantitative estimate of drug-likeness (QED) is 0.813. The van der Waals surface area contributed by atoms with Crippen molar-refractivity contribution in [2.24, 2.45) is 0 Å². The summed E-state index contributed by atoms with van der Waals surface area (Å²) < 4.78 is 0. The van der Waals surface area contributed by atoms with Crippen LogP contribution in [-0.2, 0) is 12.8 Å². The molecule has 2 aromatic carbocycles. The fourth-order valence-electron chi connectivity index (χ4n) is 3.58. The highest BCUT2D eigenvalue weighted by molar-refractivity contribution is 5.61. The third kappa shape index (κ3) is 1.60. The number of hydrogen-bond acceptors (Lipinski definition) is 2. The fraction of sp³-hybridized carbons (Fsp3) is 0.294. The molecule has 2 heteroatoms. The van der Waals surface area contributed by atoms with Crippen LogP contribution in [0.3, 0.4) is 0 Å². The van der Waals surface area contributed by atoms with Gasteiger partial charge in [0, 0.05) is 11.7 Å². The van der Waals surface area contributed by atoms with Crippen molar-refractivity contribution in [2.45, 2.75) is 24.9 Å². The maximum atomic E-state index is 3.76. The van der Waals surface area contributed by atoms with Crippen molar-refractivity contribution in [1.29, 1.82) is 0 Å². The Morgan fingerprint density at radius 2 is 1.79 bits per heavy atom. The Hall–Kier alpha value is -1.80. The monoisotopic (exact) mass is 250 g/mol.